The van der Waals surface area contributed by atoms with Gasteiger partial charge in [-0.15, -0.1) is 10.2 Å². The minimum Gasteiger partial charge on any atom is -0.324 e. The van der Waals surface area contributed by atoms with E-state index in [1.54, 1.807) is 0 Å². The molecule has 0 saturated carbocycles. The fourth-order valence-electron chi connectivity index (χ4n) is 2.44. The Bertz CT molecular complexity index is 1040. The zero-order valence-electron chi connectivity index (χ0n) is 16.2. The Labute approximate surface area is 177 Å². The number of anilines is 4. The highest BCUT2D eigenvalue weighted by Gasteiger charge is 2.12. The molecule has 0 fully saturated rings. The summed E-state index contributed by atoms with van der Waals surface area (Å²) in [6.07, 6.45) is 0. The van der Waals surface area contributed by atoms with E-state index in [1.807, 2.05) is 55.5 Å². The van der Waals surface area contributed by atoms with Crippen LogP contribution in [0.3, 0.4) is 0 Å². The molecule has 4 aromatic rings. The predicted molar refractivity (Wildman–Crippen MR) is 118 cm³/mol. The van der Waals surface area contributed by atoms with Gasteiger partial charge in [-0.05, 0) is 56.8 Å². The van der Waals surface area contributed by atoms with Gasteiger partial charge >= 0.3 is 0 Å². The highest BCUT2D eigenvalue weighted by atomic mass is 32.2. The maximum Gasteiger partial charge on any atom is 0.233 e. The lowest BCUT2D eigenvalue weighted by molar-refractivity contribution is 0.913. The third-order valence-electron chi connectivity index (χ3n) is 3.92. The summed E-state index contributed by atoms with van der Waals surface area (Å²) in [6.45, 7) is 6.02. The first-order valence-electron chi connectivity index (χ1n) is 8.95. The Kier molecular flexibility index (Phi) is 5.68. The van der Waals surface area contributed by atoms with E-state index in [4.69, 9.17) is 0 Å². The molecular weight excluding hydrogens is 402 g/mol. The SMILES string of the molecule is Cc1ccc(Nc2nc(Nc3ccc(C)cc3)nc(Sc3nnc(C)s3)n2)cc1. The average molecular weight is 422 g/mol. The number of aromatic nitrogens is 5. The van der Waals surface area contributed by atoms with E-state index in [9.17, 15) is 0 Å². The third-order valence-corrected chi connectivity index (χ3v) is 5.67. The lowest BCUT2D eigenvalue weighted by Crippen LogP contribution is -2.05. The van der Waals surface area contributed by atoms with Crippen molar-refractivity contribution in [3.05, 3.63) is 64.7 Å². The molecule has 0 spiro atoms. The Hall–Kier alpha value is -3.04. The highest BCUT2D eigenvalue weighted by molar-refractivity contribution is 8.00. The molecule has 0 unspecified atom stereocenters. The summed E-state index contributed by atoms with van der Waals surface area (Å²) in [5, 5.41) is 16.1. The summed E-state index contributed by atoms with van der Waals surface area (Å²) in [6, 6.07) is 16.1. The van der Waals surface area contributed by atoms with Crippen LogP contribution in [0.25, 0.3) is 0 Å². The van der Waals surface area contributed by atoms with Crippen molar-refractivity contribution in [2.45, 2.75) is 30.3 Å². The van der Waals surface area contributed by atoms with Crippen molar-refractivity contribution in [1.82, 2.24) is 25.1 Å². The molecule has 2 N–H and O–H groups in total. The van der Waals surface area contributed by atoms with Crippen LogP contribution in [0.15, 0.2) is 58.0 Å². The van der Waals surface area contributed by atoms with Gasteiger partial charge in [0.25, 0.3) is 0 Å². The first-order valence-corrected chi connectivity index (χ1v) is 10.6. The molecule has 2 aromatic heterocycles. The van der Waals surface area contributed by atoms with Crippen LogP contribution in [0.1, 0.15) is 16.1 Å². The van der Waals surface area contributed by atoms with Crippen LogP contribution in [-0.2, 0) is 0 Å². The summed E-state index contributed by atoms with van der Waals surface area (Å²) in [4.78, 5) is 13.6. The molecular formula is C20H19N7S2. The summed E-state index contributed by atoms with van der Waals surface area (Å²) < 4.78 is 0.788. The second-order valence-electron chi connectivity index (χ2n) is 6.44. The molecule has 2 aromatic carbocycles. The van der Waals surface area contributed by atoms with Gasteiger partial charge in [-0.25, -0.2) is 0 Å². The normalized spacial score (nSPS) is 10.7. The number of nitrogens with zero attached hydrogens (tertiary/aromatic N) is 5. The van der Waals surface area contributed by atoms with Crippen LogP contribution in [-0.4, -0.2) is 25.1 Å². The molecule has 0 radical (unpaired) electrons. The van der Waals surface area contributed by atoms with Gasteiger partial charge in [0.2, 0.25) is 17.1 Å². The van der Waals surface area contributed by atoms with Gasteiger partial charge in [0, 0.05) is 11.4 Å². The molecule has 7 nitrogen and oxygen atoms in total. The molecule has 0 bridgehead atoms. The summed E-state index contributed by atoms with van der Waals surface area (Å²) in [5.74, 6) is 0.921. The van der Waals surface area contributed by atoms with Gasteiger partial charge in [0.15, 0.2) is 4.34 Å². The highest BCUT2D eigenvalue weighted by Crippen LogP contribution is 2.29. The smallest absolute Gasteiger partial charge is 0.233 e. The van der Waals surface area contributed by atoms with E-state index in [2.05, 4.69) is 49.6 Å². The average Bonchev–Trinajstić information content (AvgIpc) is 3.10. The van der Waals surface area contributed by atoms with Gasteiger partial charge in [0.05, 0.1) is 0 Å². The molecule has 0 amide bonds. The van der Waals surface area contributed by atoms with E-state index in [1.165, 1.54) is 34.2 Å². The molecule has 29 heavy (non-hydrogen) atoms. The molecule has 0 saturated heterocycles. The molecule has 146 valence electrons. The van der Waals surface area contributed by atoms with Crippen LogP contribution in [0.4, 0.5) is 23.3 Å². The maximum absolute atomic E-state index is 4.54. The minimum absolute atomic E-state index is 0.460. The van der Waals surface area contributed by atoms with Crippen LogP contribution in [0, 0.1) is 20.8 Å². The Morgan fingerprint density at radius 2 is 1.21 bits per heavy atom. The van der Waals surface area contributed by atoms with Crippen LogP contribution >= 0.6 is 23.1 Å². The van der Waals surface area contributed by atoms with E-state index >= 15 is 0 Å². The lowest BCUT2D eigenvalue weighted by Gasteiger charge is -2.10. The third kappa shape index (κ3) is 5.27. The van der Waals surface area contributed by atoms with Crippen molar-refractivity contribution < 1.29 is 0 Å². The number of hydrogen-bond donors (Lipinski definition) is 2. The zero-order chi connectivity index (χ0) is 20.2. The van der Waals surface area contributed by atoms with Crippen molar-refractivity contribution in [3.63, 3.8) is 0 Å². The van der Waals surface area contributed by atoms with E-state index in [-0.39, 0.29) is 0 Å². The van der Waals surface area contributed by atoms with Crippen LogP contribution in [0.5, 0.6) is 0 Å². The molecule has 0 aliphatic rings. The molecule has 0 atom stereocenters. The van der Waals surface area contributed by atoms with Crippen molar-refractivity contribution >= 4 is 46.4 Å². The van der Waals surface area contributed by atoms with Gasteiger partial charge < -0.3 is 10.6 Å². The standard InChI is InChI=1S/C20H19N7S2/c1-12-4-8-15(9-5-12)21-17-23-18(22-16-10-6-13(2)7-11-16)25-19(24-17)29-20-27-26-14(3)28-20/h4-11H,1-3H3,(H2,21,22,23,24,25). The van der Waals surface area contributed by atoms with Crippen molar-refractivity contribution in [2.24, 2.45) is 0 Å². The van der Waals surface area contributed by atoms with Crippen molar-refractivity contribution in [1.29, 1.82) is 0 Å². The second kappa shape index (κ2) is 8.54. The van der Waals surface area contributed by atoms with Gasteiger partial charge in [0.1, 0.15) is 5.01 Å². The molecule has 2 heterocycles. The van der Waals surface area contributed by atoms with Gasteiger partial charge in [-0.3, -0.25) is 0 Å². The molecule has 9 heteroatoms. The Morgan fingerprint density at radius 1 is 0.690 bits per heavy atom. The summed E-state index contributed by atoms with van der Waals surface area (Å²) in [5.41, 5.74) is 4.20. The lowest BCUT2D eigenvalue weighted by atomic mass is 10.2. The number of aryl methyl sites for hydroxylation is 3. The Morgan fingerprint density at radius 3 is 1.66 bits per heavy atom. The molecule has 0 aliphatic heterocycles. The first kappa shape index (κ1) is 19.3. The topological polar surface area (TPSA) is 88.5 Å². The van der Waals surface area contributed by atoms with Crippen molar-refractivity contribution in [2.75, 3.05) is 10.6 Å². The minimum atomic E-state index is 0.460. The van der Waals surface area contributed by atoms with Crippen LogP contribution in [0.2, 0.25) is 0 Å². The second-order valence-corrected chi connectivity index (χ2v) is 8.83. The number of hydrogen-bond acceptors (Lipinski definition) is 9. The monoisotopic (exact) mass is 421 g/mol. The van der Waals surface area contributed by atoms with E-state index in [0.717, 1.165) is 20.7 Å². The predicted octanol–water partition coefficient (Wildman–Crippen LogP) is 5.29. The van der Waals surface area contributed by atoms with Crippen molar-refractivity contribution in [3.8, 4) is 0 Å². The molecule has 0 aliphatic carbocycles. The summed E-state index contributed by atoms with van der Waals surface area (Å²) >= 11 is 2.87. The van der Waals surface area contributed by atoms with E-state index < -0.39 is 0 Å². The number of nitrogens with one attached hydrogen (secondary N) is 2. The molecule has 4 rings (SSSR count). The van der Waals surface area contributed by atoms with Crippen LogP contribution < -0.4 is 10.6 Å². The van der Waals surface area contributed by atoms with E-state index in [0.29, 0.717) is 17.1 Å². The maximum atomic E-state index is 4.54. The first-order chi connectivity index (χ1) is 14.0. The fourth-order valence-corrected chi connectivity index (χ4v) is 4.11. The van der Waals surface area contributed by atoms with Gasteiger partial charge in [-0.2, -0.15) is 15.0 Å². The number of benzene rings is 2. The Balaban J connectivity index is 1.63. The summed E-state index contributed by atoms with van der Waals surface area (Å²) in [7, 11) is 0. The van der Waals surface area contributed by atoms with Gasteiger partial charge in [-0.1, -0.05) is 46.7 Å². The largest absolute Gasteiger partial charge is 0.324 e. The number of rotatable bonds is 6. The quantitative estimate of drug-likeness (QED) is 0.434. The zero-order valence-corrected chi connectivity index (χ0v) is 17.8. The fraction of sp³-hybridized carbons (Fsp3) is 0.150.